The smallest absolute Gasteiger partial charge is 0.0663 e. The topological polar surface area (TPSA) is 29.9 Å². The maximum absolute atomic E-state index is 4.58. The Bertz CT molecular complexity index is 561. The van der Waals surface area contributed by atoms with E-state index < -0.39 is 0 Å². The lowest BCUT2D eigenvalue weighted by atomic mass is 10.1. The van der Waals surface area contributed by atoms with Gasteiger partial charge in [-0.15, -0.1) is 0 Å². The third kappa shape index (κ3) is 3.70. The molecular formula is C16H22BrN3. The highest BCUT2D eigenvalue weighted by molar-refractivity contribution is 9.10. The maximum Gasteiger partial charge on any atom is 0.0663 e. The molecule has 0 atom stereocenters. The van der Waals surface area contributed by atoms with Gasteiger partial charge >= 0.3 is 0 Å². The summed E-state index contributed by atoms with van der Waals surface area (Å²) >= 11 is 3.52. The number of benzene rings is 1. The summed E-state index contributed by atoms with van der Waals surface area (Å²) in [5.41, 5.74) is 3.89. The van der Waals surface area contributed by atoms with Crippen molar-refractivity contribution in [3.8, 4) is 0 Å². The molecule has 0 unspecified atom stereocenters. The van der Waals surface area contributed by atoms with Gasteiger partial charge in [-0.05, 0) is 30.2 Å². The van der Waals surface area contributed by atoms with Crippen LogP contribution in [0.25, 0.3) is 0 Å². The highest BCUT2D eigenvalue weighted by Crippen LogP contribution is 2.21. The average molecular weight is 336 g/mol. The van der Waals surface area contributed by atoms with Crippen molar-refractivity contribution in [1.82, 2.24) is 15.1 Å². The van der Waals surface area contributed by atoms with Gasteiger partial charge in [-0.25, -0.2) is 0 Å². The first-order chi connectivity index (χ1) is 9.61. The maximum atomic E-state index is 4.58. The molecule has 0 aliphatic heterocycles. The van der Waals surface area contributed by atoms with Crippen molar-refractivity contribution in [2.75, 3.05) is 6.54 Å². The van der Waals surface area contributed by atoms with Crippen molar-refractivity contribution in [3.63, 3.8) is 0 Å². The standard InChI is InChI=1S/C16H22BrN3/c1-4-18-9-14-10-19-20(16(14)12(2)3)11-13-6-5-7-15(17)8-13/h5-8,10,12,18H,4,9,11H2,1-3H3. The van der Waals surface area contributed by atoms with E-state index >= 15 is 0 Å². The first-order valence-corrected chi connectivity index (χ1v) is 7.90. The van der Waals surface area contributed by atoms with E-state index in [-0.39, 0.29) is 0 Å². The molecule has 108 valence electrons. The lowest BCUT2D eigenvalue weighted by Gasteiger charge is -2.13. The lowest BCUT2D eigenvalue weighted by Crippen LogP contribution is -2.15. The Morgan fingerprint density at radius 3 is 2.80 bits per heavy atom. The second-order valence-electron chi connectivity index (χ2n) is 5.28. The Kier molecular flexibility index (Phi) is 5.38. The van der Waals surface area contributed by atoms with E-state index in [0.29, 0.717) is 5.92 Å². The molecule has 0 fully saturated rings. The summed E-state index contributed by atoms with van der Waals surface area (Å²) in [5.74, 6) is 0.471. The van der Waals surface area contributed by atoms with Gasteiger partial charge in [0.15, 0.2) is 0 Å². The van der Waals surface area contributed by atoms with Crippen molar-refractivity contribution in [2.24, 2.45) is 0 Å². The van der Waals surface area contributed by atoms with Gasteiger partial charge in [0.25, 0.3) is 0 Å². The quantitative estimate of drug-likeness (QED) is 0.866. The first kappa shape index (κ1) is 15.3. The van der Waals surface area contributed by atoms with E-state index in [1.807, 2.05) is 12.3 Å². The minimum Gasteiger partial charge on any atom is -0.313 e. The molecule has 1 aromatic heterocycles. The van der Waals surface area contributed by atoms with E-state index in [1.165, 1.54) is 16.8 Å². The van der Waals surface area contributed by atoms with Gasteiger partial charge in [0.2, 0.25) is 0 Å². The minimum atomic E-state index is 0.471. The lowest BCUT2D eigenvalue weighted by molar-refractivity contribution is 0.608. The highest BCUT2D eigenvalue weighted by atomic mass is 79.9. The molecule has 0 aliphatic rings. The predicted octanol–water partition coefficient (Wildman–Crippen LogP) is 3.93. The largest absolute Gasteiger partial charge is 0.313 e. The fourth-order valence-electron chi connectivity index (χ4n) is 2.43. The number of rotatable bonds is 6. The summed E-state index contributed by atoms with van der Waals surface area (Å²) in [4.78, 5) is 0. The summed E-state index contributed by atoms with van der Waals surface area (Å²) < 4.78 is 3.24. The van der Waals surface area contributed by atoms with Crippen LogP contribution in [0, 0.1) is 0 Å². The molecule has 0 aliphatic carbocycles. The van der Waals surface area contributed by atoms with Crippen LogP contribution >= 0.6 is 15.9 Å². The van der Waals surface area contributed by atoms with Crippen LogP contribution in [-0.4, -0.2) is 16.3 Å². The molecule has 0 saturated heterocycles. The SMILES string of the molecule is CCNCc1cnn(Cc2cccc(Br)c2)c1C(C)C. The van der Waals surface area contributed by atoms with Gasteiger partial charge in [0, 0.05) is 22.3 Å². The summed E-state index contributed by atoms with van der Waals surface area (Å²) in [6, 6.07) is 8.40. The fraction of sp³-hybridized carbons (Fsp3) is 0.438. The van der Waals surface area contributed by atoms with E-state index in [9.17, 15) is 0 Å². The summed E-state index contributed by atoms with van der Waals surface area (Å²) in [6.07, 6.45) is 2.00. The van der Waals surface area contributed by atoms with Crippen LogP contribution in [0.15, 0.2) is 34.9 Å². The Labute approximate surface area is 129 Å². The number of aromatic nitrogens is 2. The Hall–Kier alpha value is -1.13. The minimum absolute atomic E-state index is 0.471. The molecule has 20 heavy (non-hydrogen) atoms. The van der Waals surface area contributed by atoms with Crippen LogP contribution in [0.5, 0.6) is 0 Å². The fourth-order valence-corrected chi connectivity index (χ4v) is 2.88. The average Bonchev–Trinajstić information content (AvgIpc) is 2.79. The number of halogens is 1. The molecule has 0 radical (unpaired) electrons. The van der Waals surface area contributed by atoms with Crippen molar-refractivity contribution in [3.05, 3.63) is 51.8 Å². The molecule has 1 N–H and O–H groups in total. The third-order valence-electron chi connectivity index (χ3n) is 3.29. The van der Waals surface area contributed by atoms with Crippen LogP contribution in [0.2, 0.25) is 0 Å². The van der Waals surface area contributed by atoms with Gasteiger partial charge in [-0.2, -0.15) is 5.10 Å². The van der Waals surface area contributed by atoms with Crippen molar-refractivity contribution < 1.29 is 0 Å². The summed E-state index contributed by atoms with van der Waals surface area (Å²) in [5, 5.41) is 7.96. The van der Waals surface area contributed by atoms with E-state index in [1.54, 1.807) is 0 Å². The number of hydrogen-bond acceptors (Lipinski definition) is 2. The molecule has 0 bridgehead atoms. The zero-order chi connectivity index (χ0) is 14.5. The van der Waals surface area contributed by atoms with Gasteiger partial charge < -0.3 is 5.32 Å². The molecule has 0 saturated carbocycles. The third-order valence-corrected chi connectivity index (χ3v) is 3.79. The van der Waals surface area contributed by atoms with Crippen molar-refractivity contribution in [1.29, 1.82) is 0 Å². The van der Waals surface area contributed by atoms with Crippen molar-refractivity contribution >= 4 is 15.9 Å². The van der Waals surface area contributed by atoms with E-state index in [2.05, 4.69) is 70.0 Å². The first-order valence-electron chi connectivity index (χ1n) is 7.11. The molecule has 4 heteroatoms. The Morgan fingerprint density at radius 2 is 2.15 bits per heavy atom. The van der Waals surface area contributed by atoms with Crippen LogP contribution < -0.4 is 5.32 Å². The summed E-state index contributed by atoms with van der Waals surface area (Å²) in [6.45, 7) is 9.27. The molecule has 1 aromatic carbocycles. The van der Waals surface area contributed by atoms with Gasteiger partial charge in [0.05, 0.1) is 12.7 Å². The van der Waals surface area contributed by atoms with Crippen molar-refractivity contribution in [2.45, 2.75) is 39.8 Å². The second-order valence-corrected chi connectivity index (χ2v) is 6.19. The number of hydrogen-bond donors (Lipinski definition) is 1. The molecular weight excluding hydrogens is 314 g/mol. The van der Waals surface area contributed by atoms with Crippen LogP contribution in [0.3, 0.4) is 0 Å². The molecule has 0 amide bonds. The second kappa shape index (κ2) is 7.04. The van der Waals surface area contributed by atoms with E-state index in [0.717, 1.165) is 24.1 Å². The highest BCUT2D eigenvalue weighted by Gasteiger charge is 2.14. The monoisotopic (exact) mass is 335 g/mol. The van der Waals surface area contributed by atoms with E-state index in [4.69, 9.17) is 0 Å². The van der Waals surface area contributed by atoms with Crippen LogP contribution in [0.1, 0.15) is 43.5 Å². The zero-order valence-corrected chi connectivity index (χ0v) is 13.9. The van der Waals surface area contributed by atoms with Crippen LogP contribution in [-0.2, 0) is 13.1 Å². The van der Waals surface area contributed by atoms with Crippen LogP contribution in [0.4, 0.5) is 0 Å². The molecule has 2 rings (SSSR count). The molecule has 3 nitrogen and oxygen atoms in total. The molecule has 2 aromatic rings. The normalized spacial score (nSPS) is 11.2. The molecule has 0 spiro atoms. The predicted molar refractivity (Wildman–Crippen MR) is 86.9 cm³/mol. The zero-order valence-electron chi connectivity index (χ0n) is 12.4. The van der Waals surface area contributed by atoms with Gasteiger partial charge in [-0.3, -0.25) is 4.68 Å². The summed E-state index contributed by atoms with van der Waals surface area (Å²) in [7, 11) is 0. The Morgan fingerprint density at radius 1 is 1.35 bits per heavy atom. The number of nitrogens with one attached hydrogen (secondary N) is 1. The van der Waals surface area contributed by atoms with Gasteiger partial charge in [-0.1, -0.05) is 48.8 Å². The molecule has 1 heterocycles. The van der Waals surface area contributed by atoms with Gasteiger partial charge in [0.1, 0.15) is 0 Å². The number of nitrogens with zero attached hydrogens (tertiary/aromatic N) is 2. The Balaban J connectivity index is 2.25.